The average molecular weight is 326 g/mol. The van der Waals surface area contributed by atoms with Crippen molar-refractivity contribution < 1.29 is 9.53 Å². The molecular weight excluding hydrogens is 314 g/mol. The van der Waals surface area contributed by atoms with E-state index in [1.54, 1.807) is 19.1 Å². The van der Waals surface area contributed by atoms with Gasteiger partial charge in [-0.2, -0.15) is 5.21 Å². The van der Waals surface area contributed by atoms with Crippen LogP contribution < -0.4 is 10.1 Å². The summed E-state index contributed by atoms with van der Waals surface area (Å²) >= 11 is 3.33. The summed E-state index contributed by atoms with van der Waals surface area (Å²) in [7, 11) is 0. The number of hydrogen-bond donors (Lipinski definition) is 2. The Morgan fingerprint density at radius 3 is 3.11 bits per heavy atom. The topological polar surface area (TPSA) is 92.8 Å². The first-order chi connectivity index (χ1) is 9.15. The van der Waals surface area contributed by atoms with Gasteiger partial charge in [0.25, 0.3) is 5.91 Å². The maximum atomic E-state index is 11.7. The van der Waals surface area contributed by atoms with Gasteiger partial charge < -0.3 is 10.1 Å². The zero-order valence-corrected chi connectivity index (χ0v) is 11.7. The second-order valence-electron chi connectivity index (χ2n) is 3.81. The van der Waals surface area contributed by atoms with Gasteiger partial charge in [-0.1, -0.05) is 27.2 Å². The lowest BCUT2D eigenvalue weighted by Gasteiger charge is -2.11. The number of amides is 1. The van der Waals surface area contributed by atoms with E-state index in [1.165, 1.54) is 0 Å². The quantitative estimate of drug-likeness (QED) is 0.862. The van der Waals surface area contributed by atoms with Crippen LogP contribution in [0, 0.1) is 0 Å². The van der Waals surface area contributed by atoms with E-state index in [2.05, 4.69) is 41.9 Å². The molecule has 0 radical (unpaired) electrons. The number of tetrazole rings is 1. The highest BCUT2D eigenvalue weighted by molar-refractivity contribution is 9.10. The van der Waals surface area contributed by atoms with Gasteiger partial charge in [-0.25, -0.2) is 0 Å². The lowest BCUT2D eigenvalue weighted by Crippen LogP contribution is -2.31. The van der Waals surface area contributed by atoms with Gasteiger partial charge in [0.1, 0.15) is 5.75 Å². The van der Waals surface area contributed by atoms with Crippen LogP contribution in [0.4, 0.5) is 0 Å². The summed E-state index contributed by atoms with van der Waals surface area (Å²) in [6.45, 7) is 1.69. The second kappa shape index (κ2) is 6.28. The maximum Gasteiger partial charge on any atom is 0.258 e. The van der Waals surface area contributed by atoms with Crippen LogP contribution in [-0.2, 0) is 4.79 Å². The van der Waals surface area contributed by atoms with E-state index >= 15 is 0 Å². The summed E-state index contributed by atoms with van der Waals surface area (Å²) in [5.74, 6) is 0.796. The Morgan fingerprint density at radius 1 is 1.58 bits per heavy atom. The van der Waals surface area contributed by atoms with Gasteiger partial charge in [0.2, 0.25) is 0 Å². The van der Waals surface area contributed by atoms with Crippen molar-refractivity contribution in [3.8, 4) is 5.75 Å². The normalized spacial score (nSPS) is 11.9. The molecule has 100 valence electrons. The molecule has 0 aliphatic heterocycles. The van der Waals surface area contributed by atoms with Gasteiger partial charge in [0, 0.05) is 4.47 Å². The average Bonchev–Trinajstić information content (AvgIpc) is 2.90. The number of hydrogen-bond acceptors (Lipinski definition) is 5. The van der Waals surface area contributed by atoms with Crippen LogP contribution in [0.25, 0.3) is 0 Å². The third-order valence-corrected chi connectivity index (χ3v) is 2.79. The molecule has 2 N–H and O–H groups in total. The van der Waals surface area contributed by atoms with Crippen molar-refractivity contribution in [3.05, 3.63) is 34.6 Å². The van der Waals surface area contributed by atoms with E-state index in [0.717, 1.165) is 4.47 Å². The molecule has 1 unspecified atom stereocenters. The third-order valence-electron chi connectivity index (χ3n) is 2.29. The maximum absolute atomic E-state index is 11.7. The molecule has 1 aromatic carbocycles. The second-order valence-corrected chi connectivity index (χ2v) is 4.72. The number of nitrogens with one attached hydrogen (secondary N) is 2. The van der Waals surface area contributed by atoms with Crippen molar-refractivity contribution in [2.24, 2.45) is 0 Å². The SMILES string of the molecule is CC(NC(=O)COc1cccc(Br)c1)c1nn[nH]n1. The van der Waals surface area contributed by atoms with E-state index in [-0.39, 0.29) is 18.6 Å². The van der Waals surface area contributed by atoms with E-state index in [9.17, 15) is 4.79 Å². The minimum atomic E-state index is -0.322. The zero-order valence-electron chi connectivity index (χ0n) is 10.1. The van der Waals surface area contributed by atoms with Crippen molar-refractivity contribution in [1.82, 2.24) is 25.9 Å². The molecule has 0 saturated carbocycles. The Morgan fingerprint density at radius 2 is 2.42 bits per heavy atom. The fraction of sp³-hybridized carbons (Fsp3) is 0.273. The standard InChI is InChI=1S/C11H12BrN5O2/c1-7(11-14-16-17-15-11)13-10(18)6-19-9-4-2-3-8(12)5-9/h2-5,7H,6H2,1H3,(H,13,18)(H,14,15,16,17). The summed E-state index contributed by atoms with van der Waals surface area (Å²) in [5, 5.41) is 16.0. The van der Waals surface area contributed by atoms with Crippen LogP contribution in [0.2, 0.25) is 0 Å². The Balaban J connectivity index is 1.82. The number of aromatic amines is 1. The number of carbonyl (C=O) groups is 1. The van der Waals surface area contributed by atoms with Crippen molar-refractivity contribution in [1.29, 1.82) is 0 Å². The van der Waals surface area contributed by atoms with Gasteiger partial charge in [0.05, 0.1) is 6.04 Å². The Kier molecular flexibility index (Phi) is 4.45. The molecule has 8 heteroatoms. The first kappa shape index (κ1) is 13.5. The van der Waals surface area contributed by atoms with Crippen LogP contribution in [0.1, 0.15) is 18.8 Å². The summed E-state index contributed by atoms with van der Waals surface area (Å²) < 4.78 is 6.25. The van der Waals surface area contributed by atoms with Gasteiger partial charge in [-0.05, 0) is 25.1 Å². The van der Waals surface area contributed by atoms with Crippen LogP contribution in [-0.4, -0.2) is 33.1 Å². The first-order valence-corrected chi connectivity index (χ1v) is 6.35. The van der Waals surface area contributed by atoms with Gasteiger partial charge in [-0.15, -0.1) is 10.2 Å². The van der Waals surface area contributed by atoms with Crippen LogP contribution in [0.15, 0.2) is 28.7 Å². The lowest BCUT2D eigenvalue weighted by molar-refractivity contribution is -0.123. The molecule has 1 aromatic heterocycles. The minimum absolute atomic E-state index is 0.0708. The number of halogens is 1. The third kappa shape index (κ3) is 4.02. The molecule has 0 saturated heterocycles. The Labute approximate surface area is 117 Å². The number of carbonyl (C=O) groups excluding carboxylic acids is 1. The number of aromatic nitrogens is 4. The smallest absolute Gasteiger partial charge is 0.258 e. The molecular formula is C11H12BrN5O2. The lowest BCUT2D eigenvalue weighted by atomic mass is 10.3. The molecule has 0 fully saturated rings. The van der Waals surface area contributed by atoms with Crippen molar-refractivity contribution in [3.63, 3.8) is 0 Å². The molecule has 0 aliphatic carbocycles. The largest absolute Gasteiger partial charge is 0.484 e. The van der Waals surface area contributed by atoms with E-state index in [0.29, 0.717) is 11.6 Å². The molecule has 0 spiro atoms. The van der Waals surface area contributed by atoms with E-state index < -0.39 is 0 Å². The molecule has 2 rings (SSSR count). The highest BCUT2D eigenvalue weighted by Crippen LogP contribution is 2.17. The minimum Gasteiger partial charge on any atom is -0.484 e. The predicted octanol–water partition coefficient (Wildman–Crippen LogP) is 1.22. The molecule has 0 aliphatic rings. The highest BCUT2D eigenvalue weighted by Gasteiger charge is 2.13. The van der Waals surface area contributed by atoms with Crippen molar-refractivity contribution in [2.45, 2.75) is 13.0 Å². The van der Waals surface area contributed by atoms with Crippen LogP contribution in [0.5, 0.6) is 5.75 Å². The number of rotatable bonds is 5. The number of H-pyrrole nitrogens is 1. The molecule has 0 bridgehead atoms. The molecule has 2 aromatic rings. The number of ether oxygens (including phenoxy) is 1. The van der Waals surface area contributed by atoms with Crippen LogP contribution in [0.3, 0.4) is 0 Å². The zero-order chi connectivity index (χ0) is 13.7. The number of nitrogens with zero attached hydrogens (tertiary/aromatic N) is 3. The van der Waals surface area contributed by atoms with E-state index in [1.807, 2.05) is 12.1 Å². The van der Waals surface area contributed by atoms with Crippen molar-refractivity contribution in [2.75, 3.05) is 6.61 Å². The predicted molar refractivity (Wildman–Crippen MR) is 70.4 cm³/mol. The fourth-order valence-electron chi connectivity index (χ4n) is 1.41. The van der Waals surface area contributed by atoms with Gasteiger partial charge in [0.15, 0.2) is 12.4 Å². The Bertz CT molecular complexity index is 546. The highest BCUT2D eigenvalue weighted by atomic mass is 79.9. The van der Waals surface area contributed by atoms with Gasteiger partial charge >= 0.3 is 0 Å². The van der Waals surface area contributed by atoms with Crippen molar-refractivity contribution >= 4 is 21.8 Å². The van der Waals surface area contributed by atoms with E-state index in [4.69, 9.17) is 4.74 Å². The fourth-order valence-corrected chi connectivity index (χ4v) is 1.78. The summed E-state index contributed by atoms with van der Waals surface area (Å²) in [5.41, 5.74) is 0. The van der Waals surface area contributed by atoms with Gasteiger partial charge in [-0.3, -0.25) is 4.79 Å². The molecule has 1 atom stereocenters. The summed E-state index contributed by atoms with van der Waals surface area (Å²) in [4.78, 5) is 11.7. The monoisotopic (exact) mass is 325 g/mol. The molecule has 1 amide bonds. The first-order valence-electron chi connectivity index (χ1n) is 5.56. The molecule has 1 heterocycles. The summed E-state index contributed by atoms with van der Waals surface area (Å²) in [6.07, 6.45) is 0. The summed E-state index contributed by atoms with van der Waals surface area (Å²) in [6, 6.07) is 6.96. The Hall–Kier alpha value is -1.96. The van der Waals surface area contributed by atoms with Crippen LogP contribution >= 0.6 is 15.9 Å². The number of benzene rings is 1. The molecule has 19 heavy (non-hydrogen) atoms. The molecule has 7 nitrogen and oxygen atoms in total.